The number of aryl methyl sites for hydroxylation is 2. The number of hydrogen-bond acceptors (Lipinski definition) is 3. The number of carbonyl (C=O) groups excluding carboxylic acids is 1. The van der Waals surface area contributed by atoms with Gasteiger partial charge in [-0.05, 0) is 79.8 Å². The van der Waals surface area contributed by atoms with Gasteiger partial charge >= 0.3 is 0 Å². The molecule has 3 aromatic carbocycles. The van der Waals surface area contributed by atoms with Crippen LogP contribution in [0.3, 0.4) is 0 Å². The highest BCUT2D eigenvalue weighted by Gasteiger charge is 2.29. The van der Waals surface area contributed by atoms with E-state index < -0.39 is 5.60 Å². The highest BCUT2D eigenvalue weighted by Crippen LogP contribution is 2.34. The van der Waals surface area contributed by atoms with E-state index in [2.05, 4.69) is 59.3 Å². The summed E-state index contributed by atoms with van der Waals surface area (Å²) in [6, 6.07) is 24.9. The Morgan fingerprint density at radius 3 is 2.38 bits per heavy atom. The van der Waals surface area contributed by atoms with Crippen LogP contribution in [0.4, 0.5) is 0 Å². The first kappa shape index (κ1) is 23.6. The molecule has 0 saturated carbocycles. The normalized spacial score (nSPS) is 13.0. The molecule has 5 heteroatoms. The lowest BCUT2D eigenvalue weighted by Gasteiger charge is -2.27. The summed E-state index contributed by atoms with van der Waals surface area (Å²) in [5.74, 6) is 0.470. The molecule has 4 rings (SSSR count). The zero-order valence-corrected chi connectivity index (χ0v) is 20.1. The Morgan fingerprint density at radius 1 is 1.00 bits per heavy atom. The topological polar surface area (TPSA) is 66.5 Å². The zero-order chi connectivity index (χ0) is 24.1. The first-order valence-electron chi connectivity index (χ1n) is 11.7. The second-order valence-corrected chi connectivity index (χ2v) is 8.75. The van der Waals surface area contributed by atoms with Gasteiger partial charge in [-0.1, -0.05) is 36.4 Å². The maximum Gasteiger partial charge on any atom is 0.220 e. The number of nitrogens with two attached hydrogens (primary N) is 1. The quantitative estimate of drug-likeness (QED) is 0.340. The first-order chi connectivity index (χ1) is 16.4. The van der Waals surface area contributed by atoms with Gasteiger partial charge in [0, 0.05) is 24.4 Å². The van der Waals surface area contributed by atoms with Gasteiger partial charge < -0.3 is 19.8 Å². The largest absolute Gasteiger partial charge is 0.494 e. The minimum Gasteiger partial charge on any atom is -0.494 e. The third kappa shape index (κ3) is 5.00. The third-order valence-electron chi connectivity index (χ3n) is 6.41. The van der Waals surface area contributed by atoms with Crippen LogP contribution in [0.1, 0.15) is 37.0 Å². The van der Waals surface area contributed by atoms with Gasteiger partial charge in [-0.3, -0.25) is 4.79 Å². The number of nitrogens with zero attached hydrogens (tertiary/aromatic N) is 1. The lowest BCUT2D eigenvalue weighted by Crippen LogP contribution is -2.31. The predicted molar refractivity (Wildman–Crippen MR) is 136 cm³/mol. The standard InChI is InChI=1S/C29H32N2O3/c1-4-34-25-15-13-24(14-16-25)31-20-22(11-10-21-8-6-5-7-9-21)26-18-23(12-17-27(26)31)29(2,33-3)19-28(30)32/h5-9,12-18,20H,4,10-11,19H2,1-3H3,(H2,30,32). The average Bonchev–Trinajstić information content (AvgIpc) is 3.21. The molecule has 1 atom stereocenters. The predicted octanol–water partition coefficient (Wildman–Crippen LogP) is 5.55. The van der Waals surface area contributed by atoms with Crippen LogP contribution in [-0.4, -0.2) is 24.2 Å². The van der Waals surface area contributed by atoms with Crippen molar-refractivity contribution in [3.8, 4) is 11.4 Å². The van der Waals surface area contributed by atoms with Crippen molar-refractivity contribution in [3.63, 3.8) is 0 Å². The highest BCUT2D eigenvalue weighted by atomic mass is 16.5. The van der Waals surface area contributed by atoms with Crippen LogP contribution in [0.2, 0.25) is 0 Å². The zero-order valence-electron chi connectivity index (χ0n) is 20.1. The monoisotopic (exact) mass is 456 g/mol. The first-order valence-corrected chi connectivity index (χ1v) is 11.7. The molecule has 5 nitrogen and oxygen atoms in total. The number of benzene rings is 3. The number of ether oxygens (including phenoxy) is 2. The number of rotatable bonds is 10. The molecule has 0 saturated heterocycles. The highest BCUT2D eigenvalue weighted by molar-refractivity contribution is 5.87. The summed E-state index contributed by atoms with van der Waals surface area (Å²) in [6.45, 7) is 4.53. The second-order valence-electron chi connectivity index (χ2n) is 8.75. The summed E-state index contributed by atoms with van der Waals surface area (Å²) in [6.07, 6.45) is 4.17. The van der Waals surface area contributed by atoms with Gasteiger partial charge in [0.2, 0.25) is 5.91 Å². The van der Waals surface area contributed by atoms with Gasteiger partial charge in [0.25, 0.3) is 0 Å². The number of aromatic nitrogens is 1. The number of methoxy groups -OCH3 is 1. The summed E-state index contributed by atoms with van der Waals surface area (Å²) in [7, 11) is 1.62. The van der Waals surface area contributed by atoms with E-state index in [0.29, 0.717) is 6.61 Å². The van der Waals surface area contributed by atoms with Crippen molar-refractivity contribution in [1.29, 1.82) is 0 Å². The fraction of sp³-hybridized carbons (Fsp3) is 0.276. The Morgan fingerprint density at radius 2 is 1.74 bits per heavy atom. The number of primary amides is 1. The summed E-state index contributed by atoms with van der Waals surface area (Å²) in [4.78, 5) is 11.7. The van der Waals surface area contributed by atoms with Crippen molar-refractivity contribution in [2.75, 3.05) is 13.7 Å². The summed E-state index contributed by atoms with van der Waals surface area (Å²) in [5, 5.41) is 1.15. The molecule has 1 aromatic heterocycles. The molecule has 1 unspecified atom stereocenters. The maximum absolute atomic E-state index is 11.7. The summed E-state index contributed by atoms with van der Waals surface area (Å²) in [5.41, 5.74) is 10.4. The van der Waals surface area contributed by atoms with Gasteiger partial charge in [0.1, 0.15) is 5.75 Å². The van der Waals surface area contributed by atoms with Gasteiger partial charge in [-0.2, -0.15) is 0 Å². The minimum absolute atomic E-state index is 0.119. The lowest BCUT2D eigenvalue weighted by molar-refractivity contribution is -0.124. The molecule has 1 heterocycles. The van der Waals surface area contributed by atoms with E-state index in [0.717, 1.165) is 40.7 Å². The van der Waals surface area contributed by atoms with Crippen LogP contribution in [-0.2, 0) is 28.0 Å². The van der Waals surface area contributed by atoms with Crippen LogP contribution < -0.4 is 10.5 Å². The summed E-state index contributed by atoms with van der Waals surface area (Å²) < 4.78 is 13.6. The Labute approximate surface area is 201 Å². The number of fused-ring (bicyclic) bond motifs is 1. The van der Waals surface area contributed by atoms with Crippen LogP contribution >= 0.6 is 0 Å². The molecule has 0 aliphatic heterocycles. The van der Waals surface area contributed by atoms with Crippen molar-refractivity contribution in [3.05, 3.63) is 95.7 Å². The van der Waals surface area contributed by atoms with Crippen molar-refractivity contribution >= 4 is 16.8 Å². The van der Waals surface area contributed by atoms with Gasteiger partial charge in [0.05, 0.1) is 24.1 Å². The average molecular weight is 457 g/mol. The third-order valence-corrected chi connectivity index (χ3v) is 6.41. The van der Waals surface area contributed by atoms with E-state index in [1.807, 2.05) is 38.1 Å². The number of carbonyl (C=O) groups is 1. The van der Waals surface area contributed by atoms with Crippen LogP contribution in [0.5, 0.6) is 5.75 Å². The second kappa shape index (κ2) is 10.1. The minimum atomic E-state index is -0.780. The molecule has 0 radical (unpaired) electrons. The van der Waals surface area contributed by atoms with E-state index in [4.69, 9.17) is 15.2 Å². The fourth-order valence-electron chi connectivity index (χ4n) is 4.46. The van der Waals surface area contributed by atoms with Gasteiger partial charge in [-0.15, -0.1) is 0 Å². The molecule has 2 N–H and O–H groups in total. The Bertz CT molecular complexity index is 1260. The summed E-state index contributed by atoms with van der Waals surface area (Å²) >= 11 is 0. The Hall–Kier alpha value is -3.57. The molecule has 0 spiro atoms. The SMILES string of the molecule is CCOc1ccc(-n2cc(CCc3ccccc3)c3cc(C(C)(CC(N)=O)OC)ccc32)cc1. The van der Waals surface area contributed by atoms with Crippen molar-refractivity contribution in [2.45, 2.75) is 38.7 Å². The molecule has 1 amide bonds. The molecule has 34 heavy (non-hydrogen) atoms. The van der Waals surface area contributed by atoms with Gasteiger partial charge in [-0.25, -0.2) is 0 Å². The van der Waals surface area contributed by atoms with E-state index in [-0.39, 0.29) is 12.3 Å². The molecule has 0 aliphatic rings. The molecular formula is C29H32N2O3. The van der Waals surface area contributed by atoms with Gasteiger partial charge in [0.15, 0.2) is 0 Å². The van der Waals surface area contributed by atoms with Crippen LogP contribution in [0.25, 0.3) is 16.6 Å². The number of hydrogen-bond donors (Lipinski definition) is 1. The molecular weight excluding hydrogens is 424 g/mol. The fourth-order valence-corrected chi connectivity index (χ4v) is 4.46. The van der Waals surface area contributed by atoms with E-state index in [9.17, 15) is 4.79 Å². The maximum atomic E-state index is 11.7. The van der Waals surface area contributed by atoms with Crippen LogP contribution in [0, 0.1) is 0 Å². The van der Waals surface area contributed by atoms with Crippen molar-refractivity contribution in [2.24, 2.45) is 5.73 Å². The molecule has 0 bridgehead atoms. The molecule has 4 aromatic rings. The smallest absolute Gasteiger partial charge is 0.220 e. The van der Waals surface area contributed by atoms with E-state index in [1.165, 1.54) is 11.1 Å². The van der Waals surface area contributed by atoms with Crippen molar-refractivity contribution in [1.82, 2.24) is 4.57 Å². The van der Waals surface area contributed by atoms with E-state index in [1.54, 1.807) is 7.11 Å². The molecule has 0 aliphatic carbocycles. The molecule has 176 valence electrons. The number of amides is 1. The molecule has 0 fully saturated rings. The van der Waals surface area contributed by atoms with E-state index >= 15 is 0 Å². The van der Waals surface area contributed by atoms with Crippen molar-refractivity contribution < 1.29 is 14.3 Å². The van der Waals surface area contributed by atoms with Crippen LogP contribution in [0.15, 0.2) is 79.0 Å². The lowest BCUT2D eigenvalue weighted by atomic mass is 9.90. The Balaban J connectivity index is 1.78. The Kier molecular flexibility index (Phi) is 7.03.